The maximum absolute atomic E-state index is 12.0. The largest absolute Gasteiger partial charge is 0.292 e. The minimum absolute atomic E-state index is 0.0679. The Morgan fingerprint density at radius 3 is 2.83 bits per heavy atom. The van der Waals surface area contributed by atoms with Gasteiger partial charge in [-0.25, -0.2) is 0 Å². The second-order valence-electron chi connectivity index (χ2n) is 3.83. The van der Waals surface area contributed by atoms with E-state index in [4.69, 9.17) is 0 Å². The molecule has 6 nitrogen and oxygen atoms in total. The first kappa shape index (κ1) is 12.9. The van der Waals surface area contributed by atoms with Gasteiger partial charge in [-0.3, -0.25) is 9.48 Å². The molecule has 2 heterocycles. The summed E-state index contributed by atoms with van der Waals surface area (Å²) in [5.74, 6) is -0.0679. The standard InChI is InChI=1S/C11H14BrN5O/c1-3-7-11(12)9(17(4-2)15-7)5-10(18)8-6-13-16-14-8/h6H,3-5H2,1-2H3,(H,13,14,16). The molecule has 0 spiro atoms. The molecule has 2 aromatic heterocycles. The van der Waals surface area contributed by atoms with Gasteiger partial charge < -0.3 is 0 Å². The number of hydrogen-bond donors (Lipinski definition) is 1. The molecule has 0 saturated heterocycles. The number of aromatic amines is 1. The van der Waals surface area contributed by atoms with Crippen molar-refractivity contribution in [2.24, 2.45) is 0 Å². The van der Waals surface area contributed by atoms with E-state index < -0.39 is 0 Å². The Bertz CT molecular complexity index is 546. The summed E-state index contributed by atoms with van der Waals surface area (Å²) in [7, 11) is 0. The normalized spacial score (nSPS) is 10.8. The summed E-state index contributed by atoms with van der Waals surface area (Å²) in [5.41, 5.74) is 2.21. The highest BCUT2D eigenvalue weighted by atomic mass is 79.9. The van der Waals surface area contributed by atoms with Crippen molar-refractivity contribution in [1.29, 1.82) is 0 Å². The number of nitrogens with one attached hydrogen (secondary N) is 1. The minimum atomic E-state index is -0.0679. The fraction of sp³-hybridized carbons (Fsp3) is 0.455. The first-order valence-corrected chi connectivity index (χ1v) is 6.59. The van der Waals surface area contributed by atoms with E-state index in [1.165, 1.54) is 6.20 Å². The van der Waals surface area contributed by atoms with Gasteiger partial charge in [0, 0.05) is 6.54 Å². The Kier molecular flexibility index (Phi) is 3.90. The maximum atomic E-state index is 12.0. The first-order chi connectivity index (χ1) is 8.67. The van der Waals surface area contributed by atoms with E-state index in [1.54, 1.807) is 0 Å². The van der Waals surface area contributed by atoms with Crippen LogP contribution in [0.25, 0.3) is 0 Å². The van der Waals surface area contributed by atoms with Gasteiger partial charge in [0.05, 0.1) is 28.5 Å². The molecular formula is C11H14BrN5O. The van der Waals surface area contributed by atoms with E-state index in [1.807, 2.05) is 18.5 Å². The number of carbonyl (C=O) groups excluding carboxylic acids is 1. The van der Waals surface area contributed by atoms with Crippen LogP contribution in [-0.4, -0.2) is 31.0 Å². The summed E-state index contributed by atoms with van der Waals surface area (Å²) < 4.78 is 2.77. The Morgan fingerprint density at radius 1 is 1.50 bits per heavy atom. The summed E-state index contributed by atoms with van der Waals surface area (Å²) in [5, 5.41) is 14.3. The van der Waals surface area contributed by atoms with Gasteiger partial charge in [0.2, 0.25) is 0 Å². The van der Waals surface area contributed by atoms with Crippen molar-refractivity contribution in [2.45, 2.75) is 33.2 Å². The molecule has 0 aliphatic heterocycles. The van der Waals surface area contributed by atoms with Crippen LogP contribution in [0.4, 0.5) is 0 Å². The molecule has 2 aromatic rings. The molecule has 0 aliphatic rings. The topological polar surface area (TPSA) is 76.5 Å². The van der Waals surface area contributed by atoms with Crippen molar-refractivity contribution in [3.8, 4) is 0 Å². The molecule has 0 aliphatic carbocycles. The van der Waals surface area contributed by atoms with Crippen LogP contribution in [-0.2, 0) is 19.4 Å². The zero-order chi connectivity index (χ0) is 13.1. The molecular weight excluding hydrogens is 298 g/mol. The van der Waals surface area contributed by atoms with Crippen molar-refractivity contribution >= 4 is 21.7 Å². The van der Waals surface area contributed by atoms with Crippen molar-refractivity contribution in [3.63, 3.8) is 0 Å². The highest BCUT2D eigenvalue weighted by molar-refractivity contribution is 9.10. The number of Topliss-reactive ketones (excluding diaryl/α,β-unsaturated/α-hetero) is 1. The summed E-state index contributed by atoms with van der Waals surface area (Å²) in [6.45, 7) is 4.78. The van der Waals surface area contributed by atoms with E-state index in [0.29, 0.717) is 5.69 Å². The zero-order valence-corrected chi connectivity index (χ0v) is 11.9. The van der Waals surface area contributed by atoms with Crippen molar-refractivity contribution in [1.82, 2.24) is 25.2 Å². The van der Waals surface area contributed by atoms with Crippen LogP contribution in [0.5, 0.6) is 0 Å². The van der Waals surface area contributed by atoms with E-state index in [2.05, 4.69) is 36.4 Å². The monoisotopic (exact) mass is 311 g/mol. The van der Waals surface area contributed by atoms with Gasteiger partial charge in [-0.15, -0.1) is 0 Å². The molecule has 0 fully saturated rings. The van der Waals surface area contributed by atoms with Gasteiger partial charge in [0.25, 0.3) is 0 Å². The summed E-state index contributed by atoms with van der Waals surface area (Å²) >= 11 is 3.52. The molecule has 7 heteroatoms. The van der Waals surface area contributed by atoms with Crippen molar-refractivity contribution < 1.29 is 4.79 Å². The van der Waals surface area contributed by atoms with Gasteiger partial charge in [0.15, 0.2) is 5.78 Å². The molecule has 0 aromatic carbocycles. The predicted octanol–water partition coefficient (Wildman–Crippen LogP) is 1.77. The Balaban J connectivity index is 2.28. The molecule has 0 bridgehead atoms. The average molecular weight is 312 g/mol. The summed E-state index contributed by atoms with van der Waals surface area (Å²) in [6, 6.07) is 0. The summed E-state index contributed by atoms with van der Waals surface area (Å²) in [6.07, 6.45) is 2.54. The quantitative estimate of drug-likeness (QED) is 0.854. The highest BCUT2D eigenvalue weighted by Crippen LogP contribution is 2.23. The fourth-order valence-corrected chi connectivity index (χ4v) is 2.47. The van der Waals surface area contributed by atoms with Gasteiger partial charge in [-0.1, -0.05) is 6.92 Å². The van der Waals surface area contributed by atoms with E-state index in [0.717, 1.165) is 28.8 Å². The van der Waals surface area contributed by atoms with Gasteiger partial charge in [0.1, 0.15) is 5.69 Å². The maximum Gasteiger partial charge on any atom is 0.190 e. The number of aromatic nitrogens is 5. The number of carbonyl (C=O) groups is 1. The minimum Gasteiger partial charge on any atom is -0.292 e. The molecule has 96 valence electrons. The highest BCUT2D eigenvalue weighted by Gasteiger charge is 2.18. The van der Waals surface area contributed by atoms with Gasteiger partial charge in [-0.2, -0.15) is 20.5 Å². The second-order valence-corrected chi connectivity index (χ2v) is 4.62. The fourth-order valence-electron chi connectivity index (χ4n) is 1.76. The molecule has 0 saturated carbocycles. The van der Waals surface area contributed by atoms with Crippen LogP contribution >= 0.6 is 15.9 Å². The third-order valence-electron chi connectivity index (χ3n) is 2.72. The molecule has 2 rings (SSSR count). The number of rotatable bonds is 5. The Labute approximate surface area is 113 Å². The zero-order valence-electron chi connectivity index (χ0n) is 10.3. The Hall–Kier alpha value is -1.50. The van der Waals surface area contributed by atoms with E-state index in [9.17, 15) is 4.79 Å². The van der Waals surface area contributed by atoms with Crippen LogP contribution in [0.1, 0.15) is 35.7 Å². The van der Waals surface area contributed by atoms with E-state index in [-0.39, 0.29) is 12.2 Å². The third-order valence-corrected chi connectivity index (χ3v) is 3.64. The molecule has 0 atom stereocenters. The van der Waals surface area contributed by atoms with Gasteiger partial charge >= 0.3 is 0 Å². The predicted molar refractivity (Wildman–Crippen MR) is 69.4 cm³/mol. The smallest absolute Gasteiger partial charge is 0.190 e. The van der Waals surface area contributed by atoms with Crippen LogP contribution < -0.4 is 0 Å². The third kappa shape index (κ3) is 2.35. The summed E-state index contributed by atoms with van der Waals surface area (Å²) in [4.78, 5) is 12.0. The molecule has 0 amide bonds. The molecule has 18 heavy (non-hydrogen) atoms. The van der Waals surface area contributed by atoms with Crippen molar-refractivity contribution in [2.75, 3.05) is 0 Å². The lowest BCUT2D eigenvalue weighted by molar-refractivity contribution is 0.0985. The van der Waals surface area contributed by atoms with Crippen LogP contribution in [0, 0.1) is 0 Å². The number of halogens is 1. The number of H-pyrrole nitrogens is 1. The first-order valence-electron chi connectivity index (χ1n) is 5.80. The van der Waals surface area contributed by atoms with Crippen LogP contribution in [0.2, 0.25) is 0 Å². The lowest BCUT2D eigenvalue weighted by Crippen LogP contribution is -2.10. The van der Waals surface area contributed by atoms with Crippen molar-refractivity contribution in [3.05, 3.63) is 27.8 Å². The van der Waals surface area contributed by atoms with E-state index >= 15 is 0 Å². The molecule has 1 N–H and O–H groups in total. The number of ketones is 1. The van der Waals surface area contributed by atoms with Crippen LogP contribution in [0.15, 0.2) is 10.7 Å². The molecule has 0 radical (unpaired) electrons. The second kappa shape index (κ2) is 5.43. The van der Waals surface area contributed by atoms with Gasteiger partial charge in [-0.05, 0) is 29.3 Å². The lowest BCUT2D eigenvalue weighted by Gasteiger charge is -2.03. The SMILES string of the molecule is CCc1nn(CC)c(CC(=O)c2cn[nH]n2)c1Br. The Morgan fingerprint density at radius 2 is 2.28 bits per heavy atom. The van der Waals surface area contributed by atoms with Crippen LogP contribution in [0.3, 0.4) is 0 Å². The lowest BCUT2D eigenvalue weighted by atomic mass is 10.1. The number of aryl methyl sites for hydroxylation is 2. The number of hydrogen-bond acceptors (Lipinski definition) is 4. The number of nitrogens with zero attached hydrogens (tertiary/aromatic N) is 4. The average Bonchev–Trinajstić information content (AvgIpc) is 2.99. The molecule has 0 unspecified atom stereocenters.